The van der Waals surface area contributed by atoms with Gasteiger partial charge in [-0.15, -0.1) is 0 Å². The molecule has 1 aromatic rings. The number of ether oxygens (including phenoxy) is 2. The van der Waals surface area contributed by atoms with Crippen LogP contribution in [-0.2, 0) is 25.5 Å². The molecule has 0 bridgehead atoms. The lowest BCUT2D eigenvalue weighted by atomic mass is 9.75. The molecule has 0 aromatic heterocycles. The van der Waals surface area contributed by atoms with Gasteiger partial charge in [0, 0.05) is 13.0 Å². The summed E-state index contributed by atoms with van der Waals surface area (Å²) in [6, 6.07) is 4.84. The van der Waals surface area contributed by atoms with Crippen LogP contribution in [0.1, 0.15) is 59.9 Å². The number of benzene rings is 1. The number of phenols is 1. The van der Waals surface area contributed by atoms with E-state index in [2.05, 4.69) is 10.6 Å². The van der Waals surface area contributed by atoms with E-state index in [9.17, 15) is 39.4 Å². The van der Waals surface area contributed by atoms with E-state index in [0.717, 1.165) is 0 Å². The number of carboxylic acid groups (broad SMARTS) is 1. The third-order valence-electron chi connectivity index (χ3n) is 6.24. The van der Waals surface area contributed by atoms with Gasteiger partial charge in [0.1, 0.15) is 23.0 Å². The van der Waals surface area contributed by atoms with Gasteiger partial charge in [-0.25, -0.2) is 14.4 Å². The lowest BCUT2D eigenvalue weighted by Gasteiger charge is -2.45. The first-order valence-electron chi connectivity index (χ1n) is 13.5. The van der Waals surface area contributed by atoms with Gasteiger partial charge < -0.3 is 45.3 Å². The maximum absolute atomic E-state index is 13.9. The summed E-state index contributed by atoms with van der Waals surface area (Å²) in [5.41, 5.74) is -3.12. The Hall–Kier alpha value is -3.52. The van der Waals surface area contributed by atoms with Gasteiger partial charge >= 0.3 is 25.3 Å². The summed E-state index contributed by atoms with van der Waals surface area (Å²) in [7, 11) is -1.64. The van der Waals surface area contributed by atoms with E-state index in [1.807, 2.05) is 0 Å². The summed E-state index contributed by atoms with van der Waals surface area (Å²) in [4.78, 5) is 53.2. The van der Waals surface area contributed by atoms with E-state index in [1.54, 1.807) is 53.7 Å². The van der Waals surface area contributed by atoms with Crippen LogP contribution < -0.4 is 10.6 Å². The molecule has 1 unspecified atom stereocenters. The molecule has 0 saturated carbocycles. The number of aromatic hydroxyl groups is 1. The number of piperidine rings is 1. The number of rotatable bonds is 9. The highest BCUT2D eigenvalue weighted by atomic mass is 16.6. The summed E-state index contributed by atoms with van der Waals surface area (Å²) in [6.07, 6.45) is -1.88. The van der Waals surface area contributed by atoms with E-state index >= 15 is 0 Å². The molecule has 41 heavy (non-hydrogen) atoms. The van der Waals surface area contributed by atoms with Crippen LogP contribution in [0.4, 0.5) is 9.59 Å². The number of nitrogens with zero attached hydrogens (tertiary/aromatic N) is 1. The van der Waals surface area contributed by atoms with Gasteiger partial charge in [-0.05, 0) is 77.9 Å². The van der Waals surface area contributed by atoms with Crippen LogP contribution in [0.2, 0.25) is 6.32 Å². The Labute approximate surface area is 240 Å². The fourth-order valence-corrected chi connectivity index (χ4v) is 4.61. The van der Waals surface area contributed by atoms with Crippen LogP contribution in [0.15, 0.2) is 24.3 Å². The van der Waals surface area contributed by atoms with Crippen molar-refractivity contribution in [2.75, 3.05) is 13.1 Å². The standard InChI is InChI=1S/C27H42BN3O10/c1-25(2,3)40-23(36)29-20(13-17-7-9-19(32)10-8-17)21(33)31-15-18(11-12-28(38)39)14-27(16-31,22(34)35)30-24(37)41-26(4,5)6/h7-10,18,20,32,38-39H,11-16H2,1-6H3,(H,29,36)(H,30,37)(H,34,35)/t18-,20?,27+/m0/s1. The van der Waals surface area contributed by atoms with Crippen LogP contribution in [0, 0.1) is 5.92 Å². The smallest absolute Gasteiger partial charge is 0.451 e. The molecule has 14 heteroatoms. The second-order valence-electron chi connectivity index (χ2n) is 12.4. The second kappa shape index (κ2) is 13.4. The average Bonchev–Trinajstić information content (AvgIpc) is 2.80. The van der Waals surface area contributed by atoms with Crippen molar-refractivity contribution in [3.05, 3.63) is 29.8 Å². The zero-order valence-electron chi connectivity index (χ0n) is 24.5. The largest absolute Gasteiger partial charge is 0.508 e. The molecule has 1 aliphatic heterocycles. The van der Waals surface area contributed by atoms with Crippen molar-refractivity contribution in [1.82, 2.24) is 15.5 Å². The van der Waals surface area contributed by atoms with E-state index in [-0.39, 0.29) is 37.9 Å². The molecule has 6 N–H and O–H groups in total. The Morgan fingerprint density at radius 3 is 2.10 bits per heavy atom. The van der Waals surface area contributed by atoms with Crippen molar-refractivity contribution in [3.8, 4) is 5.75 Å². The predicted molar refractivity (Wildman–Crippen MR) is 149 cm³/mol. The molecule has 1 aromatic carbocycles. The lowest BCUT2D eigenvalue weighted by Crippen LogP contribution is -2.67. The molecule has 1 aliphatic rings. The minimum absolute atomic E-state index is 0.00551. The molecule has 1 fully saturated rings. The van der Waals surface area contributed by atoms with Crippen molar-refractivity contribution in [1.29, 1.82) is 0 Å². The molecule has 0 aliphatic carbocycles. The Bertz CT molecular complexity index is 1080. The molecule has 1 heterocycles. The van der Waals surface area contributed by atoms with Crippen LogP contribution >= 0.6 is 0 Å². The predicted octanol–water partition coefficient (Wildman–Crippen LogP) is 1.89. The minimum atomic E-state index is -1.95. The van der Waals surface area contributed by atoms with Gasteiger partial charge in [0.15, 0.2) is 5.54 Å². The summed E-state index contributed by atoms with van der Waals surface area (Å²) < 4.78 is 10.6. The van der Waals surface area contributed by atoms with Gasteiger partial charge in [-0.2, -0.15) is 0 Å². The minimum Gasteiger partial charge on any atom is -0.508 e. The molecule has 3 amide bonds. The highest BCUT2D eigenvalue weighted by Gasteiger charge is 2.49. The molecule has 3 atom stereocenters. The second-order valence-corrected chi connectivity index (χ2v) is 12.4. The van der Waals surface area contributed by atoms with Crippen LogP contribution in [0.25, 0.3) is 0 Å². The Kier molecular flexibility index (Phi) is 11.0. The van der Waals surface area contributed by atoms with E-state index in [0.29, 0.717) is 5.56 Å². The van der Waals surface area contributed by atoms with Crippen molar-refractivity contribution >= 4 is 31.2 Å². The zero-order chi connectivity index (χ0) is 31.2. The fraction of sp³-hybridized carbons (Fsp3) is 0.630. The van der Waals surface area contributed by atoms with Gasteiger partial charge in [0.2, 0.25) is 5.91 Å². The average molecular weight is 579 g/mol. The van der Waals surface area contributed by atoms with Crippen LogP contribution in [0.3, 0.4) is 0 Å². The van der Waals surface area contributed by atoms with Gasteiger partial charge in [0.25, 0.3) is 0 Å². The number of alkyl carbamates (subject to hydrolysis) is 2. The number of nitrogens with one attached hydrogen (secondary N) is 2. The normalized spacial score (nSPS) is 20.0. The van der Waals surface area contributed by atoms with Crippen molar-refractivity contribution < 1.29 is 48.9 Å². The third kappa shape index (κ3) is 11.1. The summed E-state index contributed by atoms with van der Waals surface area (Å²) in [5.74, 6) is -2.56. The highest BCUT2D eigenvalue weighted by molar-refractivity contribution is 6.40. The zero-order valence-corrected chi connectivity index (χ0v) is 24.5. The molecule has 0 radical (unpaired) electrons. The topological polar surface area (TPSA) is 195 Å². The summed E-state index contributed by atoms with van der Waals surface area (Å²) in [6.45, 7) is 9.47. The molecule has 2 rings (SSSR count). The number of aliphatic carboxylic acids is 1. The Morgan fingerprint density at radius 2 is 1.59 bits per heavy atom. The van der Waals surface area contributed by atoms with Crippen molar-refractivity contribution in [2.45, 2.75) is 89.9 Å². The molecule has 13 nitrogen and oxygen atoms in total. The van der Waals surface area contributed by atoms with E-state index < -0.39 is 66.4 Å². The fourth-order valence-electron chi connectivity index (χ4n) is 4.61. The number of amides is 3. The number of carbonyl (C=O) groups is 4. The molecule has 228 valence electrons. The Balaban J connectivity index is 2.44. The summed E-state index contributed by atoms with van der Waals surface area (Å²) in [5, 5.41) is 43.8. The summed E-state index contributed by atoms with van der Waals surface area (Å²) >= 11 is 0. The van der Waals surface area contributed by atoms with Crippen LogP contribution in [0.5, 0.6) is 5.75 Å². The number of likely N-dealkylation sites (tertiary alicyclic amines) is 1. The van der Waals surface area contributed by atoms with Crippen molar-refractivity contribution in [2.24, 2.45) is 5.92 Å². The quantitative estimate of drug-likeness (QED) is 0.235. The first-order chi connectivity index (χ1) is 18.8. The molecule has 0 spiro atoms. The number of hydrogen-bond donors (Lipinski definition) is 6. The Morgan fingerprint density at radius 1 is 1.02 bits per heavy atom. The van der Waals surface area contributed by atoms with Crippen LogP contribution in [-0.4, -0.2) is 92.2 Å². The molecular weight excluding hydrogens is 537 g/mol. The molecule has 1 saturated heterocycles. The lowest BCUT2D eigenvalue weighted by molar-refractivity contribution is -0.152. The van der Waals surface area contributed by atoms with E-state index in [4.69, 9.17) is 9.47 Å². The number of phenolic OH excluding ortho intramolecular Hbond substituents is 1. The number of hydrogen-bond acceptors (Lipinski definition) is 9. The van der Waals surface area contributed by atoms with Gasteiger partial charge in [-0.3, -0.25) is 4.79 Å². The number of carbonyl (C=O) groups excluding carboxylic acids is 3. The van der Waals surface area contributed by atoms with E-state index in [1.165, 1.54) is 17.0 Å². The maximum atomic E-state index is 13.9. The maximum Gasteiger partial charge on any atom is 0.451 e. The third-order valence-corrected chi connectivity index (χ3v) is 6.24. The van der Waals surface area contributed by atoms with Gasteiger partial charge in [0.05, 0.1) is 6.54 Å². The van der Waals surface area contributed by atoms with Crippen molar-refractivity contribution in [3.63, 3.8) is 0 Å². The first kappa shape index (κ1) is 33.7. The number of carboxylic acids is 1. The van der Waals surface area contributed by atoms with Gasteiger partial charge in [-0.1, -0.05) is 18.6 Å². The monoisotopic (exact) mass is 579 g/mol. The highest BCUT2D eigenvalue weighted by Crippen LogP contribution is 2.31. The SMILES string of the molecule is CC(C)(C)OC(=O)NC(Cc1ccc(O)cc1)C(=O)N1C[C@@H](CCB(O)O)C[C@](NC(=O)OC(C)(C)C)(C(=O)O)C1. The molecular formula is C27H42BN3O10. The first-order valence-corrected chi connectivity index (χ1v) is 13.5.